The third-order valence-electron chi connectivity index (χ3n) is 17.5. The van der Waals surface area contributed by atoms with E-state index in [0.29, 0.717) is 5.56 Å². The zero-order chi connectivity index (χ0) is 60.6. The van der Waals surface area contributed by atoms with Crippen LogP contribution in [0.2, 0.25) is 0 Å². The Morgan fingerprint density at radius 1 is 0.845 bits per heavy atom. The van der Waals surface area contributed by atoms with Gasteiger partial charge in [0.05, 0.1) is 68.1 Å². The molecule has 2 saturated carbocycles. The van der Waals surface area contributed by atoms with Gasteiger partial charge >= 0.3 is 29.7 Å². The number of hydrogen-bond donors (Lipinski definition) is 7. The second-order valence-electron chi connectivity index (χ2n) is 22.8. The Bertz CT molecular complexity index is 3300. The average molecular weight is 1170 g/mol. The topological polar surface area (TPSA) is 336 Å². The number of carbonyl (C=O) groups is 6. The summed E-state index contributed by atoms with van der Waals surface area (Å²) in [6, 6.07) is 22.4. The number of fused-ring (bicyclic) bond motifs is 5. The summed E-state index contributed by atoms with van der Waals surface area (Å²) in [6.45, 7) is 6.55. The molecule has 24 heteroatoms. The molecule has 4 fully saturated rings. The number of amides is 2. The summed E-state index contributed by atoms with van der Waals surface area (Å²) in [5, 5.41) is 63.6. The van der Waals surface area contributed by atoms with Crippen molar-refractivity contribution in [2.75, 3.05) is 33.0 Å². The summed E-state index contributed by atoms with van der Waals surface area (Å²) in [5.74, 6) is -6.49. The predicted octanol–water partition coefficient (Wildman–Crippen LogP) is 1.89. The fourth-order valence-electron chi connectivity index (χ4n) is 12.9. The first-order chi connectivity index (χ1) is 39.9. The SMILES string of the molecule is CC(=O)O[C@@]12CO[C@@H]1C[C@H](O)C1(C)C(=O)[C@H](OC(=O)NCCOCCn3c(=O)c(C)cn([C@@H]4C[C@H](O)[C@@H](CO)O4)c3=O)C3=C(C)[C@@H](OC(=O)[C@H](O)[C@@H](NC(=O)c4ccccc4)c4ccccc4)C[C@@](O)([C@@H](OC(=O)c4ccccc4)[C@@H]12)C3(C)C. The molecule has 14 atom stereocenters. The number of aliphatic hydroxyl groups excluding tert-OH is 4. The van der Waals surface area contributed by atoms with Gasteiger partial charge in [-0.25, -0.2) is 19.2 Å². The molecule has 2 aliphatic heterocycles. The maximum Gasteiger partial charge on any atom is 0.408 e. The maximum atomic E-state index is 16.1. The molecule has 2 amide bonds. The van der Waals surface area contributed by atoms with E-state index in [-0.39, 0.29) is 67.0 Å². The normalized spacial score (nSPS) is 30.2. The Balaban J connectivity index is 1.06. The van der Waals surface area contributed by atoms with Gasteiger partial charge in [-0.05, 0) is 61.7 Å². The van der Waals surface area contributed by atoms with Gasteiger partial charge in [0.2, 0.25) is 0 Å². The van der Waals surface area contributed by atoms with E-state index in [1.165, 1.54) is 65.1 Å². The maximum absolute atomic E-state index is 16.1. The number of aryl methyl sites for hydroxylation is 1. The summed E-state index contributed by atoms with van der Waals surface area (Å²) in [6.07, 6.45) is -14.4. The van der Waals surface area contributed by atoms with Crippen LogP contribution < -0.4 is 21.9 Å². The number of hydrogen-bond acceptors (Lipinski definition) is 20. The molecule has 5 aliphatic rings. The number of aromatic nitrogens is 2. The lowest BCUT2D eigenvalue weighted by Crippen LogP contribution is -2.82. The highest BCUT2D eigenvalue weighted by atomic mass is 16.6. The highest BCUT2D eigenvalue weighted by Gasteiger charge is 2.78. The smallest absolute Gasteiger partial charge is 0.408 e. The molecule has 1 unspecified atom stereocenters. The van der Waals surface area contributed by atoms with E-state index < -0.39 is 156 Å². The number of aliphatic hydroxyl groups is 5. The fourth-order valence-corrected chi connectivity index (χ4v) is 12.9. The lowest BCUT2D eigenvalue weighted by molar-refractivity contribution is -0.345. The lowest BCUT2D eigenvalue weighted by Gasteiger charge is -2.67. The quantitative estimate of drug-likeness (QED) is 0.0324. The van der Waals surface area contributed by atoms with Crippen LogP contribution in [0.3, 0.4) is 0 Å². The van der Waals surface area contributed by atoms with Crippen LogP contribution in [-0.4, -0.2) is 163 Å². The van der Waals surface area contributed by atoms with Gasteiger partial charge in [0, 0.05) is 55.5 Å². The molecule has 7 N–H and O–H groups in total. The van der Waals surface area contributed by atoms with Gasteiger partial charge in [0.1, 0.15) is 36.2 Å². The molecule has 3 heterocycles. The van der Waals surface area contributed by atoms with Crippen LogP contribution in [0.4, 0.5) is 4.79 Å². The standard InChI is InChI=1S/C60H70N4O20/c1-32-29-64(43-26-38(67)40(30-65)80-43)56(76)63(52(32)72)23-25-78-24-22-61-55(75)82-47-44-33(2)39(81-54(74)46(69)45(35-16-10-7-11-17-35)62-51(71)36-18-12-8-13-19-36)28-60(77,57(44,4)5)50(83-53(73)37-20-14-9-15-21-37)48-58(6,49(47)70)41(68)27-42-59(48,31-79-42)84-34(3)66/h7-21,29,38-43,45-48,50,65,67-69,77H,22-28,30-31H2,1-6H3,(H,61,75)(H,62,71)/t38-,39-,40+,41-,42+,43-,45-,46+,47+,48-,50-,58?,59-,60+/m0/s1. The van der Waals surface area contributed by atoms with Gasteiger partial charge in [-0.15, -0.1) is 0 Å². The van der Waals surface area contributed by atoms with Crippen molar-refractivity contribution in [2.24, 2.45) is 16.7 Å². The number of nitrogens with one attached hydrogen (secondary N) is 2. The van der Waals surface area contributed by atoms with Crippen molar-refractivity contribution in [3.8, 4) is 0 Å². The van der Waals surface area contributed by atoms with Crippen LogP contribution in [-0.2, 0) is 54.1 Å². The van der Waals surface area contributed by atoms with Crippen molar-refractivity contribution in [3.63, 3.8) is 0 Å². The van der Waals surface area contributed by atoms with Gasteiger partial charge in [-0.2, -0.15) is 0 Å². The largest absolute Gasteiger partial charge is 0.456 e. The lowest BCUT2D eigenvalue weighted by atomic mass is 9.44. The van der Waals surface area contributed by atoms with Crippen molar-refractivity contribution >= 4 is 35.7 Å². The van der Waals surface area contributed by atoms with Crippen LogP contribution in [0, 0.1) is 23.7 Å². The Hall–Kier alpha value is -7.42. The third kappa shape index (κ3) is 11.1. The molecule has 2 saturated heterocycles. The van der Waals surface area contributed by atoms with Crippen LogP contribution >= 0.6 is 0 Å². The van der Waals surface area contributed by atoms with Gasteiger partial charge in [0.25, 0.3) is 11.5 Å². The van der Waals surface area contributed by atoms with Gasteiger partial charge in [-0.3, -0.25) is 28.3 Å². The molecular weight excluding hydrogens is 1100 g/mol. The number of Topliss-reactive ketones (excluding diaryl/α,β-unsaturated/α-hetero) is 1. The van der Waals surface area contributed by atoms with E-state index >= 15 is 4.79 Å². The van der Waals surface area contributed by atoms with Crippen LogP contribution in [0.25, 0.3) is 0 Å². The van der Waals surface area contributed by atoms with E-state index in [1.807, 2.05) is 0 Å². The summed E-state index contributed by atoms with van der Waals surface area (Å²) < 4.78 is 44.4. The van der Waals surface area contributed by atoms with E-state index in [1.54, 1.807) is 66.7 Å². The molecule has 1 aromatic heterocycles. The Kier molecular flexibility index (Phi) is 17.7. The number of ketones is 1. The second-order valence-corrected chi connectivity index (χ2v) is 22.8. The van der Waals surface area contributed by atoms with Gasteiger partial charge < -0.3 is 69.3 Å². The minimum absolute atomic E-state index is 0.00872. The highest BCUT2D eigenvalue weighted by molar-refractivity contribution is 5.96. The molecule has 4 aromatic rings. The molecule has 0 spiro atoms. The predicted molar refractivity (Wildman–Crippen MR) is 293 cm³/mol. The van der Waals surface area contributed by atoms with Crippen molar-refractivity contribution in [3.05, 3.63) is 151 Å². The van der Waals surface area contributed by atoms with Crippen LogP contribution in [0.5, 0.6) is 0 Å². The summed E-state index contributed by atoms with van der Waals surface area (Å²) in [4.78, 5) is 113. The molecule has 450 valence electrons. The van der Waals surface area contributed by atoms with Crippen LogP contribution in [0.15, 0.2) is 118 Å². The molecular formula is C60H70N4O20. The zero-order valence-electron chi connectivity index (χ0n) is 47.2. The molecule has 3 aromatic carbocycles. The monoisotopic (exact) mass is 1170 g/mol. The van der Waals surface area contributed by atoms with E-state index in [9.17, 15) is 59.1 Å². The Labute approximate surface area is 482 Å². The number of nitrogens with zero attached hydrogens (tertiary/aromatic N) is 2. The van der Waals surface area contributed by atoms with Gasteiger partial charge in [0.15, 0.2) is 23.6 Å². The van der Waals surface area contributed by atoms with E-state index in [0.717, 1.165) is 16.1 Å². The minimum Gasteiger partial charge on any atom is -0.456 e. The van der Waals surface area contributed by atoms with Crippen molar-refractivity contribution in [1.82, 2.24) is 19.8 Å². The zero-order valence-corrected chi connectivity index (χ0v) is 47.2. The molecule has 3 aliphatic carbocycles. The summed E-state index contributed by atoms with van der Waals surface area (Å²) in [7, 11) is 0. The third-order valence-corrected chi connectivity index (χ3v) is 17.5. The second kappa shape index (κ2) is 24.3. The van der Waals surface area contributed by atoms with E-state index in [4.69, 9.17) is 33.2 Å². The number of carbonyl (C=O) groups excluding carboxylic acids is 6. The first kappa shape index (κ1) is 61.1. The molecule has 24 nitrogen and oxygen atoms in total. The molecule has 0 radical (unpaired) electrons. The number of alkyl carbamates (subject to hydrolysis) is 1. The number of benzene rings is 3. The summed E-state index contributed by atoms with van der Waals surface area (Å²) in [5.41, 5.74) is -9.24. The van der Waals surface area contributed by atoms with Crippen molar-refractivity contribution < 1.29 is 87.5 Å². The minimum atomic E-state index is -2.54. The first-order valence-corrected chi connectivity index (χ1v) is 27.7. The van der Waals surface area contributed by atoms with Gasteiger partial charge in [-0.1, -0.05) is 80.6 Å². The molecule has 9 rings (SSSR count). The Morgan fingerprint density at radius 2 is 1.49 bits per heavy atom. The fraction of sp³-hybridized carbons (Fsp3) is 0.500. The van der Waals surface area contributed by atoms with Crippen molar-refractivity contribution in [1.29, 1.82) is 0 Å². The molecule has 2 bridgehead atoms. The van der Waals surface area contributed by atoms with Crippen LogP contribution in [0.1, 0.15) is 98.0 Å². The summed E-state index contributed by atoms with van der Waals surface area (Å²) >= 11 is 0. The van der Waals surface area contributed by atoms with E-state index in [2.05, 4.69) is 10.6 Å². The highest BCUT2D eigenvalue weighted by Crippen LogP contribution is 2.64. The number of ether oxygens (including phenoxy) is 7. The first-order valence-electron chi connectivity index (χ1n) is 27.7. The average Bonchev–Trinajstić information content (AvgIpc) is 0.738. The number of rotatable bonds is 18. The Morgan fingerprint density at radius 3 is 2.10 bits per heavy atom. The van der Waals surface area contributed by atoms with Crippen molar-refractivity contribution in [2.45, 2.75) is 140 Å². The number of esters is 3. The molecule has 84 heavy (non-hydrogen) atoms.